The molecule has 2 rings (SSSR count). The molecule has 2 aliphatic rings. The van der Waals surface area contributed by atoms with Crippen molar-refractivity contribution in [3.05, 3.63) is 0 Å². The van der Waals surface area contributed by atoms with Gasteiger partial charge in [0.15, 0.2) is 5.96 Å². The monoisotopic (exact) mass is 167 g/mol. The Morgan fingerprint density at radius 1 is 1.25 bits per heavy atom. The topological polar surface area (TPSA) is 50.4 Å². The highest BCUT2D eigenvalue weighted by molar-refractivity contribution is 5.78. The van der Waals surface area contributed by atoms with E-state index in [1.54, 1.807) is 0 Å². The summed E-state index contributed by atoms with van der Waals surface area (Å²) < 4.78 is 0. The van der Waals surface area contributed by atoms with E-state index in [9.17, 15) is 0 Å². The summed E-state index contributed by atoms with van der Waals surface area (Å²) in [4.78, 5) is 4.13. The average Bonchev–Trinajstić information content (AvgIpc) is 2.56. The molecule has 0 saturated heterocycles. The van der Waals surface area contributed by atoms with E-state index in [2.05, 4.69) is 10.3 Å². The van der Waals surface area contributed by atoms with Crippen LogP contribution in [-0.4, -0.2) is 18.5 Å². The van der Waals surface area contributed by atoms with Crippen LogP contribution in [0.5, 0.6) is 0 Å². The molecule has 12 heavy (non-hydrogen) atoms. The smallest absolute Gasteiger partial charge is 0.188 e. The zero-order valence-corrected chi connectivity index (χ0v) is 7.42. The first kappa shape index (κ1) is 7.90. The highest BCUT2D eigenvalue weighted by atomic mass is 15.1. The standard InChI is InChI=1S/C9H17N3/c10-9-11-6-5-8(12-9)7-3-1-2-4-7/h7-8H,1-6H2,(H3,10,11,12). The first-order chi connectivity index (χ1) is 5.86. The highest BCUT2D eigenvalue weighted by Gasteiger charge is 2.26. The molecule has 1 aliphatic heterocycles. The van der Waals surface area contributed by atoms with Gasteiger partial charge in [-0.1, -0.05) is 12.8 Å². The molecule has 1 fully saturated rings. The number of rotatable bonds is 1. The third-order valence-electron chi connectivity index (χ3n) is 3.02. The first-order valence-electron chi connectivity index (χ1n) is 4.93. The molecule has 3 nitrogen and oxygen atoms in total. The summed E-state index contributed by atoms with van der Waals surface area (Å²) in [6, 6.07) is 0.616. The zero-order chi connectivity index (χ0) is 8.39. The number of nitrogens with two attached hydrogens (primary N) is 1. The van der Waals surface area contributed by atoms with Crippen molar-refractivity contribution in [2.75, 3.05) is 6.54 Å². The summed E-state index contributed by atoms with van der Waals surface area (Å²) >= 11 is 0. The fraction of sp³-hybridized carbons (Fsp3) is 0.889. The van der Waals surface area contributed by atoms with Crippen LogP contribution in [0.15, 0.2) is 4.99 Å². The Balaban J connectivity index is 1.91. The van der Waals surface area contributed by atoms with Gasteiger partial charge in [0.2, 0.25) is 0 Å². The van der Waals surface area contributed by atoms with Gasteiger partial charge in [0.25, 0.3) is 0 Å². The molecule has 3 heteroatoms. The molecule has 0 aromatic rings. The Morgan fingerprint density at radius 3 is 2.67 bits per heavy atom. The quantitative estimate of drug-likeness (QED) is 0.608. The lowest BCUT2D eigenvalue weighted by atomic mass is 9.95. The summed E-state index contributed by atoms with van der Waals surface area (Å²) in [7, 11) is 0. The van der Waals surface area contributed by atoms with Crippen LogP contribution in [0.4, 0.5) is 0 Å². The van der Waals surface area contributed by atoms with Gasteiger partial charge in [-0.15, -0.1) is 0 Å². The first-order valence-corrected chi connectivity index (χ1v) is 4.93. The third-order valence-corrected chi connectivity index (χ3v) is 3.02. The number of guanidine groups is 1. The minimum atomic E-state index is 0.616. The van der Waals surface area contributed by atoms with Crippen molar-refractivity contribution in [3.63, 3.8) is 0 Å². The molecule has 1 atom stereocenters. The molecular weight excluding hydrogens is 150 g/mol. The molecule has 0 aromatic carbocycles. The second-order valence-corrected chi connectivity index (χ2v) is 3.85. The molecule has 0 aromatic heterocycles. The van der Waals surface area contributed by atoms with Gasteiger partial charge in [-0.3, -0.25) is 4.99 Å². The molecule has 68 valence electrons. The largest absolute Gasteiger partial charge is 0.370 e. The maximum Gasteiger partial charge on any atom is 0.188 e. The third kappa shape index (κ3) is 1.54. The SMILES string of the molecule is NC1=NCCC(C2CCCC2)N1. The van der Waals surface area contributed by atoms with E-state index >= 15 is 0 Å². The predicted molar refractivity (Wildman–Crippen MR) is 50.0 cm³/mol. The van der Waals surface area contributed by atoms with E-state index in [4.69, 9.17) is 5.73 Å². The molecule has 0 spiro atoms. The number of nitrogens with zero attached hydrogens (tertiary/aromatic N) is 1. The van der Waals surface area contributed by atoms with E-state index in [0.717, 1.165) is 12.5 Å². The lowest BCUT2D eigenvalue weighted by Crippen LogP contribution is -2.46. The van der Waals surface area contributed by atoms with Gasteiger partial charge >= 0.3 is 0 Å². The van der Waals surface area contributed by atoms with Crippen molar-refractivity contribution < 1.29 is 0 Å². The predicted octanol–water partition coefficient (Wildman–Crippen LogP) is 0.853. The van der Waals surface area contributed by atoms with Gasteiger partial charge in [-0.05, 0) is 25.2 Å². The van der Waals surface area contributed by atoms with Crippen LogP contribution in [0, 0.1) is 5.92 Å². The van der Waals surface area contributed by atoms with Crippen molar-refractivity contribution >= 4 is 5.96 Å². The Kier molecular flexibility index (Phi) is 2.19. The second kappa shape index (κ2) is 3.33. The maximum absolute atomic E-state index is 5.63. The molecule has 0 amide bonds. The summed E-state index contributed by atoms with van der Waals surface area (Å²) in [5.41, 5.74) is 5.63. The minimum absolute atomic E-state index is 0.616. The lowest BCUT2D eigenvalue weighted by Gasteiger charge is -2.27. The summed E-state index contributed by atoms with van der Waals surface area (Å²) in [5.74, 6) is 1.51. The molecule has 0 radical (unpaired) electrons. The van der Waals surface area contributed by atoms with Crippen LogP contribution in [0.1, 0.15) is 32.1 Å². The van der Waals surface area contributed by atoms with Crippen LogP contribution in [-0.2, 0) is 0 Å². The minimum Gasteiger partial charge on any atom is -0.370 e. The van der Waals surface area contributed by atoms with Crippen LogP contribution in [0.3, 0.4) is 0 Å². The fourth-order valence-corrected chi connectivity index (χ4v) is 2.35. The van der Waals surface area contributed by atoms with Crippen molar-refractivity contribution in [1.29, 1.82) is 0 Å². The van der Waals surface area contributed by atoms with Gasteiger partial charge in [-0.2, -0.15) is 0 Å². The highest BCUT2D eigenvalue weighted by Crippen LogP contribution is 2.29. The Hall–Kier alpha value is -0.730. The molecule has 1 heterocycles. The van der Waals surface area contributed by atoms with Crippen LogP contribution < -0.4 is 11.1 Å². The Labute approximate surface area is 73.4 Å². The summed E-state index contributed by atoms with van der Waals surface area (Å²) in [5, 5.41) is 3.29. The Morgan fingerprint density at radius 2 is 2.00 bits per heavy atom. The summed E-state index contributed by atoms with van der Waals surface area (Å²) in [6.07, 6.45) is 6.74. The molecule has 1 unspecified atom stereocenters. The molecule has 1 saturated carbocycles. The van der Waals surface area contributed by atoms with E-state index in [0.29, 0.717) is 12.0 Å². The van der Waals surface area contributed by atoms with E-state index in [1.165, 1.54) is 32.1 Å². The number of hydrogen-bond acceptors (Lipinski definition) is 3. The molecule has 0 bridgehead atoms. The lowest BCUT2D eigenvalue weighted by molar-refractivity contribution is 0.372. The number of nitrogens with one attached hydrogen (secondary N) is 1. The van der Waals surface area contributed by atoms with Crippen LogP contribution in [0.2, 0.25) is 0 Å². The van der Waals surface area contributed by atoms with Gasteiger partial charge in [0.1, 0.15) is 0 Å². The number of aliphatic imine (C=N–C) groups is 1. The van der Waals surface area contributed by atoms with Crippen molar-refractivity contribution in [3.8, 4) is 0 Å². The van der Waals surface area contributed by atoms with Crippen molar-refractivity contribution in [1.82, 2.24) is 5.32 Å². The molecule has 3 N–H and O–H groups in total. The van der Waals surface area contributed by atoms with E-state index < -0.39 is 0 Å². The van der Waals surface area contributed by atoms with Gasteiger partial charge < -0.3 is 11.1 Å². The van der Waals surface area contributed by atoms with Gasteiger partial charge in [0.05, 0.1) is 0 Å². The molecular formula is C9H17N3. The summed E-state index contributed by atoms with van der Waals surface area (Å²) in [6.45, 7) is 0.917. The van der Waals surface area contributed by atoms with E-state index in [1.807, 2.05) is 0 Å². The normalized spacial score (nSPS) is 31.3. The second-order valence-electron chi connectivity index (χ2n) is 3.85. The van der Waals surface area contributed by atoms with Crippen molar-refractivity contribution in [2.24, 2.45) is 16.6 Å². The van der Waals surface area contributed by atoms with Gasteiger partial charge in [0, 0.05) is 12.6 Å². The van der Waals surface area contributed by atoms with Crippen molar-refractivity contribution in [2.45, 2.75) is 38.1 Å². The van der Waals surface area contributed by atoms with E-state index in [-0.39, 0.29) is 0 Å². The van der Waals surface area contributed by atoms with Crippen LogP contribution in [0.25, 0.3) is 0 Å². The Bertz CT molecular complexity index is 182. The molecule has 1 aliphatic carbocycles. The maximum atomic E-state index is 5.63. The zero-order valence-electron chi connectivity index (χ0n) is 7.42. The number of hydrogen-bond donors (Lipinski definition) is 2. The average molecular weight is 167 g/mol. The fourth-order valence-electron chi connectivity index (χ4n) is 2.35. The van der Waals surface area contributed by atoms with Gasteiger partial charge in [-0.25, -0.2) is 0 Å². The van der Waals surface area contributed by atoms with Crippen LogP contribution >= 0.6 is 0 Å².